The van der Waals surface area contributed by atoms with Gasteiger partial charge < -0.3 is 10.4 Å². The predicted molar refractivity (Wildman–Crippen MR) is 57.6 cm³/mol. The Labute approximate surface area is 97.4 Å². The average Bonchev–Trinajstić information content (AvgIpc) is 3.10. The number of hydrogen-bond acceptors (Lipinski definition) is 2. The maximum atomic E-state index is 13.5. The highest BCUT2D eigenvalue weighted by Gasteiger charge is 2.33. The van der Waals surface area contributed by atoms with E-state index in [2.05, 4.69) is 5.32 Å². The fourth-order valence-corrected chi connectivity index (χ4v) is 1.59. The van der Waals surface area contributed by atoms with Crippen LogP contribution in [0.25, 0.3) is 0 Å². The molecule has 1 aromatic carbocycles. The first-order chi connectivity index (χ1) is 8.09. The van der Waals surface area contributed by atoms with Crippen LogP contribution in [0.1, 0.15) is 24.4 Å². The van der Waals surface area contributed by atoms with Crippen LogP contribution < -0.4 is 5.32 Å². The molecule has 1 amide bonds. The van der Waals surface area contributed by atoms with E-state index < -0.39 is 17.8 Å². The third-order valence-corrected chi connectivity index (χ3v) is 2.70. The maximum absolute atomic E-state index is 13.5. The Morgan fingerprint density at radius 3 is 2.53 bits per heavy atom. The monoisotopic (exact) mass is 237 g/mol. The average molecular weight is 237 g/mol. The summed E-state index contributed by atoms with van der Waals surface area (Å²) >= 11 is 0. The topological polar surface area (TPSA) is 66.4 Å². The summed E-state index contributed by atoms with van der Waals surface area (Å²) in [5.41, 5.74) is -0.0194. The zero-order chi connectivity index (χ0) is 12.4. The van der Waals surface area contributed by atoms with Gasteiger partial charge in [0.15, 0.2) is 6.04 Å². The molecule has 4 nitrogen and oxygen atoms in total. The van der Waals surface area contributed by atoms with Crippen LogP contribution in [-0.2, 0) is 9.59 Å². The lowest BCUT2D eigenvalue weighted by atomic mass is 10.1. The minimum absolute atomic E-state index is 0.0194. The fraction of sp³-hybridized carbons (Fsp3) is 0.333. The highest BCUT2D eigenvalue weighted by molar-refractivity contribution is 5.87. The lowest BCUT2D eigenvalue weighted by molar-refractivity contribution is -0.142. The molecule has 1 atom stereocenters. The summed E-state index contributed by atoms with van der Waals surface area (Å²) in [6.07, 6.45) is 1.55. The van der Waals surface area contributed by atoms with Crippen LogP contribution in [0.5, 0.6) is 0 Å². The van der Waals surface area contributed by atoms with E-state index in [1.54, 1.807) is 0 Å². The Kier molecular flexibility index (Phi) is 3.08. The van der Waals surface area contributed by atoms with Crippen LogP contribution in [0.3, 0.4) is 0 Å². The van der Waals surface area contributed by atoms with Crippen LogP contribution >= 0.6 is 0 Å². The second-order valence-corrected chi connectivity index (χ2v) is 4.08. The maximum Gasteiger partial charge on any atom is 0.331 e. The van der Waals surface area contributed by atoms with Crippen molar-refractivity contribution in [3.63, 3.8) is 0 Å². The molecule has 0 aromatic heterocycles. The number of aliphatic carboxylic acids is 1. The Hall–Kier alpha value is -1.91. The number of rotatable bonds is 4. The van der Waals surface area contributed by atoms with Crippen molar-refractivity contribution in [2.24, 2.45) is 5.92 Å². The largest absolute Gasteiger partial charge is 0.479 e. The zero-order valence-electron chi connectivity index (χ0n) is 9.02. The van der Waals surface area contributed by atoms with Crippen molar-refractivity contribution < 1.29 is 19.1 Å². The normalized spacial score (nSPS) is 16.3. The molecule has 0 spiro atoms. The van der Waals surface area contributed by atoms with Gasteiger partial charge in [0, 0.05) is 11.5 Å². The number of carboxylic acid groups (broad SMARTS) is 1. The number of halogens is 1. The van der Waals surface area contributed by atoms with E-state index >= 15 is 0 Å². The van der Waals surface area contributed by atoms with Gasteiger partial charge in [-0.3, -0.25) is 4.79 Å². The molecular formula is C12H12FNO3. The third kappa shape index (κ3) is 2.61. The number of carboxylic acids is 1. The molecule has 0 saturated heterocycles. The Bertz CT molecular complexity index is 457. The van der Waals surface area contributed by atoms with Gasteiger partial charge in [-0.1, -0.05) is 18.2 Å². The molecule has 0 bridgehead atoms. The van der Waals surface area contributed by atoms with Crippen LogP contribution in [0.2, 0.25) is 0 Å². The van der Waals surface area contributed by atoms with E-state index in [0.29, 0.717) is 0 Å². The van der Waals surface area contributed by atoms with Gasteiger partial charge >= 0.3 is 5.97 Å². The van der Waals surface area contributed by atoms with Gasteiger partial charge in [0.2, 0.25) is 5.91 Å². The summed E-state index contributed by atoms with van der Waals surface area (Å²) in [6.45, 7) is 0. The number of nitrogens with one attached hydrogen (secondary N) is 1. The van der Waals surface area contributed by atoms with Gasteiger partial charge in [0.25, 0.3) is 0 Å². The molecule has 17 heavy (non-hydrogen) atoms. The Morgan fingerprint density at radius 1 is 1.35 bits per heavy atom. The van der Waals surface area contributed by atoms with Crippen molar-refractivity contribution in [1.29, 1.82) is 0 Å². The predicted octanol–water partition coefficient (Wildman–Crippen LogP) is 1.48. The number of carbonyl (C=O) groups excluding carboxylic acids is 1. The van der Waals surface area contributed by atoms with Crippen LogP contribution in [0.15, 0.2) is 24.3 Å². The first kappa shape index (κ1) is 11.6. The number of amides is 1. The molecule has 90 valence electrons. The molecule has 0 heterocycles. The molecule has 0 aliphatic heterocycles. The van der Waals surface area contributed by atoms with Crippen LogP contribution in [-0.4, -0.2) is 17.0 Å². The lowest BCUT2D eigenvalue weighted by Crippen LogP contribution is -2.35. The number of hydrogen-bond donors (Lipinski definition) is 2. The van der Waals surface area contributed by atoms with Crippen molar-refractivity contribution in [2.45, 2.75) is 18.9 Å². The van der Waals surface area contributed by atoms with E-state index in [0.717, 1.165) is 12.8 Å². The number of carbonyl (C=O) groups is 2. The van der Waals surface area contributed by atoms with Crippen LogP contribution in [0, 0.1) is 11.7 Å². The molecule has 1 fully saturated rings. The summed E-state index contributed by atoms with van der Waals surface area (Å²) in [5, 5.41) is 11.4. The van der Waals surface area contributed by atoms with Crippen molar-refractivity contribution in [3.8, 4) is 0 Å². The first-order valence-electron chi connectivity index (χ1n) is 5.37. The van der Waals surface area contributed by atoms with Crippen molar-refractivity contribution in [2.75, 3.05) is 0 Å². The van der Waals surface area contributed by atoms with Gasteiger partial charge in [0.1, 0.15) is 5.82 Å². The molecular weight excluding hydrogens is 225 g/mol. The summed E-state index contributed by atoms with van der Waals surface area (Å²) in [5.74, 6) is -2.32. The summed E-state index contributed by atoms with van der Waals surface area (Å²) in [4.78, 5) is 22.6. The molecule has 1 aromatic rings. The Balaban J connectivity index is 2.19. The minimum atomic E-state index is -1.32. The summed E-state index contributed by atoms with van der Waals surface area (Å²) in [6, 6.07) is 4.23. The molecule has 1 aliphatic carbocycles. The third-order valence-electron chi connectivity index (χ3n) is 2.70. The van der Waals surface area contributed by atoms with Crippen molar-refractivity contribution in [3.05, 3.63) is 35.6 Å². The molecule has 1 saturated carbocycles. The molecule has 2 rings (SSSR count). The van der Waals surface area contributed by atoms with Gasteiger partial charge in [-0.2, -0.15) is 0 Å². The smallest absolute Gasteiger partial charge is 0.331 e. The molecule has 1 aliphatic rings. The van der Waals surface area contributed by atoms with E-state index in [4.69, 9.17) is 5.11 Å². The van der Waals surface area contributed by atoms with Gasteiger partial charge in [-0.25, -0.2) is 9.18 Å². The van der Waals surface area contributed by atoms with Gasteiger partial charge in [-0.15, -0.1) is 0 Å². The quantitative estimate of drug-likeness (QED) is 0.833. The highest BCUT2D eigenvalue weighted by atomic mass is 19.1. The second-order valence-electron chi connectivity index (χ2n) is 4.08. The molecule has 1 unspecified atom stereocenters. The van der Waals surface area contributed by atoms with Crippen molar-refractivity contribution in [1.82, 2.24) is 5.32 Å². The minimum Gasteiger partial charge on any atom is -0.479 e. The molecule has 0 radical (unpaired) electrons. The van der Waals surface area contributed by atoms with Gasteiger partial charge in [-0.05, 0) is 18.9 Å². The van der Waals surface area contributed by atoms with E-state index in [-0.39, 0.29) is 17.4 Å². The van der Waals surface area contributed by atoms with Crippen LogP contribution in [0.4, 0.5) is 4.39 Å². The van der Waals surface area contributed by atoms with E-state index in [1.165, 1.54) is 24.3 Å². The zero-order valence-corrected chi connectivity index (χ0v) is 9.02. The molecule has 5 heteroatoms. The summed E-state index contributed by atoms with van der Waals surface area (Å²) in [7, 11) is 0. The van der Waals surface area contributed by atoms with E-state index in [9.17, 15) is 14.0 Å². The van der Waals surface area contributed by atoms with Crippen molar-refractivity contribution >= 4 is 11.9 Å². The van der Waals surface area contributed by atoms with Gasteiger partial charge in [0.05, 0.1) is 0 Å². The highest BCUT2D eigenvalue weighted by Crippen LogP contribution is 2.30. The second kappa shape index (κ2) is 4.53. The number of benzene rings is 1. The van der Waals surface area contributed by atoms with E-state index in [1.807, 2.05) is 0 Å². The first-order valence-corrected chi connectivity index (χ1v) is 5.37. The lowest BCUT2D eigenvalue weighted by Gasteiger charge is -2.15. The summed E-state index contributed by atoms with van der Waals surface area (Å²) < 4.78 is 13.5. The molecule has 2 N–H and O–H groups in total. The SMILES string of the molecule is O=C(NC(C(=O)O)c1ccccc1F)C1CC1. The standard InChI is InChI=1S/C12H12FNO3/c13-9-4-2-1-3-8(9)10(12(16)17)14-11(15)7-5-6-7/h1-4,7,10H,5-6H2,(H,14,15)(H,16,17). The fourth-order valence-electron chi connectivity index (χ4n) is 1.59. The Morgan fingerprint density at radius 2 is 2.00 bits per heavy atom.